The molecule has 3 N–H and O–H groups in total. The largest absolute Gasteiger partial charge is 0.394 e. The topological polar surface area (TPSA) is 50.4 Å². The van der Waals surface area contributed by atoms with Gasteiger partial charge in [-0.2, -0.15) is 5.10 Å². The maximum Gasteiger partial charge on any atom is 0.185 e. The first-order valence-electron chi connectivity index (χ1n) is 3.82. The van der Waals surface area contributed by atoms with Crippen molar-refractivity contribution < 1.29 is 17.6 Å². The summed E-state index contributed by atoms with van der Waals surface area (Å²) in [5, 5.41) is 3.25. The molecule has 0 atom stereocenters. The molecule has 0 saturated heterocycles. The second kappa shape index (κ2) is 4.16. The second-order valence-corrected chi connectivity index (χ2v) is 2.57. The van der Waals surface area contributed by atoms with Gasteiger partial charge in [0.1, 0.15) is 5.69 Å². The summed E-state index contributed by atoms with van der Waals surface area (Å²) in [7, 11) is 1.36. The highest BCUT2D eigenvalue weighted by Crippen LogP contribution is 2.24. The van der Waals surface area contributed by atoms with Gasteiger partial charge in [0.05, 0.1) is 11.8 Å². The van der Waals surface area contributed by atoms with Gasteiger partial charge in [-0.1, -0.05) is 0 Å². The number of hydrazone groups is 1. The second-order valence-electron chi connectivity index (χ2n) is 2.57. The molecular formula is C8H7F4N3. The smallest absolute Gasteiger partial charge is 0.185 e. The lowest BCUT2D eigenvalue weighted by Gasteiger charge is -2.05. The molecule has 0 bridgehead atoms. The fraction of sp³-hybridized carbons (Fsp3) is 0.125. The van der Waals surface area contributed by atoms with E-state index in [1.165, 1.54) is 7.05 Å². The molecule has 0 aliphatic rings. The van der Waals surface area contributed by atoms with Crippen molar-refractivity contribution in [3.8, 4) is 0 Å². The van der Waals surface area contributed by atoms with Crippen molar-refractivity contribution in [2.45, 2.75) is 0 Å². The number of halogens is 4. The quantitative estimate of drug-likeness (QED) is 0.260. The Morgan fingerprint density at radius 3 is 1.93 bits per heavy atom. The summed E-state index contributed by atoms with van der Waals surface area (Å²) in [4.78, 5) is 0. The highest BCUT2D eigenvalue weighted by Gasteiger charge is 2.22. The van der Waals surface area contributed by atoms with Crippen molar-refractivity contribution in [1.82, 2.24) is 5.43 Å². The number of benzene rings is 1. The molecule has 0 spiro atoms. The van der Waals surface area contributed by atoms with Crippen LogP contribution in [0.25, 0.3) is 0 Å². The van der Waals surface area contributed by atoms with Gasteiger partial charge in [-0.3, -0.25) is 0 Å². The molecule has 1 aromatic carbocycles. The van der Waals surface area contributed by atoms with E-state index in [1.54, 1.807) is 0 Å². The average molecular weight is 221 g/mol. The lowest BCUT2D eigenvalue weighted by Crippen LogP contribution is -2.08. The predicted octanol–water partition coefficient (Wildman–Crippen LogP) is 1.38. The normalized spacial score (nSPS) is 11.0. The van der Waals surface area contributed by atoms with Crippen LogP contribution in [-0.2, 0) is 0 Å². The van der Waals surface area contributed by atoms with Crippen molar-refractivity contribution in [1.29, 1.82) is 0 Å². The molecule has 0 aromatic heterocycles. The molecule has 0 amide bonds. The zero-order chi connectivity index (χ0) is 11.6. The van der Waals surface area contributed by atoms with Crippen molar-refractivity contribution >= 4 is 11.9 Å². The number of nitrogens with two attached hydrogens (primary N) is 1. The van der Waals surface area contributed by atoms with E-state index in [2.05, 4.69) is 10.5 Å². The van der Waals surface area contributed by atoms with E-state index < -0.39 is 34.5 Å². The van der Waals surface area contributed by atoms with Gasteiger partial charge in [0.25, 0.3) is 0 Å². The van der Waals surface area contributed by atoms with Crippen LogP contribution in [0.15, 0.2) is 5.10 Å². The minimum Gasteiger partial charge on any atom is -0.394 e. The van der Waals surface area contributed by atoms with Crippen LogP contribution in [-0.4, -0.2) is 13.3 Å². The van der Waals surface area contributed by atoms with Crippen LogP contribution >= 0.6 is 0 Å². The first kappa shape index (κ1) is 11.3. The first-order valence-corrected chi connectivity index (χ1v) is 3.82. The summed E-state index contributed by atoms with van der Waals surface area (Å²) >= 11 is 0. The predicted molar refractivity (Wildman–Crippen MR) is 47.3 cm³/mol. The van der Waals surface area contributed by atoms with Crippen LogP contribution < -0.4 is 11.2 Å². The highest BCUT2D eigenvalue weighted by atomic mass is 19.2. The third kappa shape index (κ3) is 1.85. The number of nitrogen functional groups attached to an aromatic ring is 1. The summed E-state index contributed by atoms with van der Waals surface area (Å²) in [5.41, 5.74) is 4.86. The molecule has 0 fully saturated rings. The summed E-state index contributed by atoms with van der Waals surface area (Å²) in [5.74, 6) is -6.42. The molecule has 1 rings (SSSR count). The van der Waals surface area contributed by atoms with Gasteiger partial charge >= 0.3 is 0 Å². The first-order chi connectivity index (χ1) is 7.00. The number of nitrogens with one attached hydrogen (secondary N) is 1. The molecule has 82 valence electrons. The monoisotopic (exact) mass is 221 g/mol. The van der Waals surface area contributed by atoms with Crippen molar-refractivity contribution in [2.24, 2.45) is 5.10 Å². The van der Waals surface area contributed by atoms with Gasteiger partial charge in [-0.15, -0.1) is 0 Å². The van der Waals surface area contributed by atoms with Crippen molar-refractivity contribution in [3.05, 3.63) is 28.8 Å². The third-order valence-electron chi connectivity index (χ3n) is 1.65. The van der Waals surface area contributed by atoms with Gasteiger partial charge in [-0.25, -0.2) is 17.6 Å². The van der Waals surface area contributed by atoms with Crippen molar-refractivity contribution in [3.63, 3.8) is 0 Å². The fourth-order valence-electron chi connectivity index (χ4n) is 0.908. The molecule has 0 heterocycles. The van der Waals surface area contributed by atoms with Crippen LogP contribution in [0.2, 0.25) is 0 Å². The molecule has 0 radical (unpaired) electrons. The Kier molecular flexibility index (Phi) is 3.13. The number of nitrogens with zero attached hydrogens (tertiary/aromatic N) is 1. The van der Waals surface area contributed by atoms with Gasteiger partial charge in [-0.05, 0) is 0 Å². The van der Waals surface area contributed by atoms with E-state index in [1.807, 2.05) is 0 Å². The Hall–Kier alpha value is -1.79. The molecule has 15 heavy (non-hydrogen) atoms. The van der Waals surface area contributed by atoms with Crippen LogP contribution in [0.4, 0.5) is 23.2 Å². The van der Waals surface area contributed by atoms with Crippen LogP contribution in [0, 0.1) is 23.3 Å². The van der Waals surface area contributed by atoms with E-state index in [9.17, 15) is 17.6 Å². The van der Waals surface area contributed by atoms with E-state index >= 15 is 0 Å². The molecule has 0 aliphatic carbocycles. The van der Waals surface area contributed by atoms with E-state index in [4.69, 9.17) is 5.73 Å². The number of hydrogen-bond acceptors (Lipinski definition) is 3. The summed E-state index contributed by atoms with van der Waals surface area (Å²) in [6, 6.07) is 0. The van der Waals surface area contributed by atoms with Crippen LogP contribution in [0.3, 0.4) is 0 Å². The fourth-order valence-corrected chi connectivity index (χ4v) is 0.908. The lowest BCUT2D eigenvalue weighted by molar-refractivity contribution is 0.458. The minimum atomic E-state index is -1.63. The van der Waals surface area contributed by atoms with Gasteiger partial charge in [0.15, 0.2) is 23.3 Å². The average Bonchev–Trinajstić information content (AvgIpc) is 2.24. The Morgan fingerprint density at radius 2 is 1.53 bits per heavy atom. The number of hydrogen-bond donors (Lipinski definition) is 2. The molecule has 0 aliphatic heterocycles. The van der Waals surface area contributed by atoms with E-state index in [-0.39, 0.29) is 0 Å². The summed E-state index contributed by atoms with van der Waals surface area (Å²) in [6.07, 6.45) is 0.621. The minimum absolute atomic E-state index is 0.621. The number of rotatable bonds is 2. The van der Waals surface area contributed by atoms with Gasteiger partial charge in [0.2, 0.25) is 0 Å². The summed E-state index contributed by atoms with van der Waals surface area (Å²) < 4.78 is 51.8. The standard InChI is InChI=1S/C8H7F4N3/c1-14-15-2-3-4(9)6(11)8(13)7(12)5(3)10/h2,14H,13H2,1H3/b15-2+. The Morgan fingerprint density at radius 1 is 1.07 bits per heavy atom. The van der Waals surface area contributed by atoms with Gasteiger partial charge in [0, 0.05) is 7.05 Å². The Bertz CT molecular complexity index is 388. The maximum absolute atomic E-state index is 13.0. The molecule has 7 heteroatoms. The summed E-state index contributed by atoms with van der Waals surface area (Å²) in [6.45, 7) is 0. The number of anilines is 1. The molecule has 1 aromatic rings. The maximum atomic E-state index is 13.0. The highest BCUT2D eigenvalue weighted by molar-refractivity contribution is 5.81. The molecule has 3 nitrogen and oxygen atoms in total. The van der Waals surface area contributed by atoms with Crippen LogP contribution in [0.1, 0.15) is 5.56 Å². The van der Waals surface area contributed by atoms with E-state index in [0.717, 1.165) is 0 Å². The van der Waals surface area contributed by atoms with E-state index in [0.29, 0.717) is 6.21 Å². The van der Waals surface area contributed by atoms with Gasteiger partial charge < -0.3 is 11.2 Å². The van der Waals surface area contributed by atoms with Crippen LogP contribution in [0.5, 0.6) is 0 Å². The molecule has 0 unspecified atom stereocenters. The zero-order valence-corrected chi connectivity index (χ0v) is 7.61. The zero-order valence-electron chi connectivity index (χ0n) is 7.61. The van der Waals surface area contributed by atoms with Crippen molar-refractivity contribution in [2.75, 3.05) is 12.8 Å². The Labute approximate surface area is 82.6 Å². The molecular weight excluding hydrogens is 214 g/mol. The molecule has 0 saturated carbocycles. The Balaban J connectivity index is 3.45. The third-order valence-corrected chi connectivity index (χ3v) is 1.65. The lowest BCUT2D eigenvalue weighted by atomic mass is 10.1. The SMILES string of the molecule is CN/N=C/c1c(F)c(F)c(N)c(F)c1F.